The molecule has 0 N–H and O–H groups in total. The smallest absolute Gasteiger partial charge is 0.410 e. The fraction of sp³-hybridized carbons (Fsp3) is 0.409. The van der Waals surface area contributed by atoms with Crippen molar-refractivity contribution in [2.45, 2.75) is 45.6 Å². The van der Waals surface area contributed by atoms with Crippen molar-refractivity contribution in [1.82, 2.24) is 4.90 Å². The zero-order valence-electron chi connectivity index (χ0n) is 16.2. The number of nitrogens with zero attached hydrogens (tertiary/aromatic N) is 1. The summed E-state index contributed by atoms with van der Waals surface area (Å²) >= 11 is 0. The van der Waals surface area contributed by atoms with E-state index in [0.717, 1.165) is 16.9 Å². The molecule has 27 heavy (non-hydrogen) atoms. The lowest BCUT2D eigenvalue weighted by molar-refractivity contribution is 0.00267. The highest BCUT2D eigenvalue weighted by Gasteiger charge is 2.29. The van der Waals surface area contributed by atoms with Crippen molar-refractivity contribution in [2.24, 2.45) is 0 Å². The van der Waals surface area contributed by atoms with E-state index in [4.69, 9.17) is 14.2 Å². The van der Waals surface area contributed by atoms with Gasteiger partial charge in [-0.25, -0.2) is 4.79 Å². The van der Waals surface area contributed by atoms with E-state index in [1.165, 1.54) is 0 Å². The van der Waals surface area contributed by atoms with Gasteiger partial charge < -0.3 is 14.2 Å². The third-order valence-electron chi connectivity index (χ3n) is 4.12. The third kappa shape index (κ3) is 5.73. The average molecular weight is 369 g/mol. The summed E-state index contributed by atoms with van der Waals surface area (Å²) in [6.45, 7) is 7.38. The minimum atomic E-state index is -0.539. The standard InChI is InChI=1S/C22H27NO4/c1-22(2,3)27-21(24)23-13-18-11-7-8-12-20(18)26-19(14-23)16-25-15-17-9-5-4-6-10-17/h4-12,19H,13-16H2,1-3H3/t19-/m1/s1. The van der Waals surface area contributed by atoms with E-state index in [-0.39, 0.29) is 12.2 Å². The van der Waals surface area contributed by atoms with Gasteiger partial charge >= 0.3 is 6.09 Å². The van der Waals surface area contributed by atoms with Crippen molar-refractivity contribution in [3.05, 3.63) is 65.7 Å². The number of hydrogen-bond donors (Lipinski definition) is 0. The highest BCUT2D eigenvalue weighted by Crippen LogP contribution is 2.26. The van der Waals surface area contributed by atoms with Crippen LogP contribution in [0.2, 0.25) is 0 Å². The van der Waals surface area contributed by atoms with Crippen molar-refractivity contribution in [3.63, 3.8) is 0 Å². The number of ether oxygens (including phenoxy) is 3. The van der Waals surface area contributed by atoms with Crippen LogP contribution in [-0.2, 0) is 22.6 Å². The van der Waals surface area contributed by atoms with Gasteiger partial charge in [-0.1, -0.05) is 48.5 Å². The van der Waals surface area contributed by atoms with Gasteiger partial charge in [-0.3, -0.25) is 4.90 Å². The molecule has 0 radical (unpaired) electrons. The molecule has 0 aromatic heterocycles. The van der Waals surface area contributed by atoms with Crippen LogP contribution in [0.3, 0.4) is 0 Å². The molecule has 0 saturated carbocycles. The number of para-hydroxylation sites is 1. The molecule has 1 atom stereocenters. The first-order valence-corrected chi connectivity index (χ1v) is 9.25. The van der Waals surface area contributed by atoms with Crippen LogP contribution in [0.15, 0.2) is 54.6 Å². The molecule has 5 heteroatoms. The molecule has 1 amide bonds. The second-order valence-corrected chi connectivity index (χ2v) is 7.71. The Morgan fingerprint density at radius 3 is 2.56 bits per heavy atom. The van der Waals surface area contributed by atoms with Crippen molar-refractivity contribution in [1.29, 1.82) is 0 Å². The van der Waals surface area contributed by atoms with Crippen LogP contribution in [-0.4, -0.2) is 35.8 Å². The normalized spacial score (nSPS) is 16.9. The molecule has 144 valence electrons. The fourth-order valence-corrected chi connectivity index (χ4v) is 2.92. The van der Waals surface area contributed by atoms with E-state index in [9.17, 15) is 4.79 Å². The number of rotatable bonds is 4. The fourth-order valence-electron chi connectivity index (χ4n) is 2.92. The summed E-state index contributed by atoms with van der Waals surface area (Å²) in [5.41, 5.74) is 1.53. The van der Waals surface area contributed by atoms with Gasteiger partial charge in [0.25, 0.3) is 0 Å². The van der Waals surface area contributed by atoms with Crippen LogP contribution in [0.4, 0.5) is 4.79 Å². The van der Waals surface area contributed by atoms with Gasteiger partial charge in [-0.2, -0.15) is 0 Å². The number of fused-ring (bicyclic) bond motifs is 1. The summed E-state index contributed by atoms with van der Waals surface area (Å²) < 4.78 is 17.5. The topological polar surface area (TPSA) is 48.0 Å². The van der Waals surface area contributed by atoms with Crippen LogP contribution in [0.1, 0.15) is 31.9 Å². The molecular formula is C22H27NO4. The van der Waals surface area contributed by atoms with Crippen LogP contribution < -0.4 is 4.74 Å². The lowest BCUT2D eigenvalue weighted by Crippen LogP contribution is -2.42. The first-order valence-electron chi connectivity index (χ1n) is 9.25. The Morgan fingerprint density at radius 1 is 1.11 bits per heavy atom. The molecule has 0 aliphatic carbocycles. The SMILES string of the molecule is CC(C)(C)OC(=O)N1Cc2ccccc2O[C@@H](COCc2ccccc2)C1. The number of amides is 1. The zero-order chi connectivity index (χ0) is 19.3. The van der Waals surface area contributed by atoms with Gasteiger partial charge in [0.1, 0.15) is 17.5 Å². The average Bonchev–Trinajstić information content (AvgIpc) is 2.80. The molecule has 1 heterocycles. The molecule has 0 saturated heterocycles. The summed E-state index contributed by atoms with van der Waals surface area (Å²) in [7, 11) is 0. The van der Waals surface area contributed by atoms with E-state index in [0.29, 0.717) is 26.3 Å². The summed E-state index contributed by atoms with van der Waals surface area (Å²) in [6, 6.07) is 17.8. The predicted molar refractivity (Wildman–Crippen MR) is 104 cm³/mol. The molecule has 0 unspecified atom stereocenters. The van der Waals surface area contributed by atoms with Crippen molar-refractivity contribution >= 4 is 6.09 Å². The maximum absolute atomic E-state index is 12.6. The van der Waals surface area contributed by atoms with Gasteiger partial charge in [0.15, 0.2) is 0 Å². The molecule has 2 aromatic carbocycles. The Morgan fingerprint density at radius 2 is 1.81 bits per heavy atom. The molecule has 3 rings (SSSR count). The maximum atomic E-state index is 12.6. The van der Waals surface area contributed by atoms with Crippen LogP contribution in [0.5, 0.6) is 5.75 Å². The molecule has 2 aromatic rings. The number of carbonyl (C=O) groups is 1. The highest BCUT2D eigenvalue weighted by atomic mass is 16.6. The van der Waals surface area contributed by atoms with Crippen LogP contribution >= 0.6 is 0 Å². The first kappa shape index (κ1) is 19.2. The summed E-state index contributed by atoms with van der Waals surface area (Å²) in [6.07, 6.45) is -0.597. The molecule has 0 fully saturated rings. The van der Waals surface area contributed by atoms with E-state index < -0.39 is 5.60 Å². The third-order valence-corrected chi connectivity index (χ3v) is 4.12. The molecule has 1 aliphatic rings. The molecule has 0 spiro atoms. The van der Waals surface area contributed by atoms with E-state index in [1.54, 1.807) is 4.90 Å². The second-order valence-electron chi connectivity index (χ2n) is 7.71. The largest absolute Gasteiger partial charge is 0.486 e. The minimum absolute atomic E-state index is 0.259. The molecule has 1 aliphatic heterocycles. The zero-order valence-corrected chi connectivity index (χ0v) is 16.2. The number of carbonyl (C=O) groups excluding carboxylic acids is 1. The van der Waals surface area contributed by atoms with Crippen molar-refractivity contribution in [2.75, 3.05) is 13.2 Å². The van der Waals surface area contributed by atoms with E-state index in [1.807, 2.05) is 75.4 Å². The lowest BCUT2D eigenvalue weighted by atomic mass is 10.2. The van der Waals surface area contributed by atoms with Gasteiger partial charge in [0.05, 0.1) is 26.3 Å². The molecule has 5 nitrogen and oxygen atoms in total. The van der Waals surface area contributed by atoms with Gasteiger partial charge in [0, 0.05) is 5.56 Å². The highest BCUT2D eigenvalue weighted by molar-refractivity contribution is 5.68. The van der Waals surface area contributed by atoms with E-state index >= 15 is 0 Å². The van der Waals surface area contributed by atoms with Gasteiger partial charge in [-0.05, 0) is 32.4 Å². The van der Waals surface area contributed by atoms with Crippen LogP contribution in [0, 0.1) is 0 Å². The summed E-state index contributed by atoms with van der Waals surface area (Å²) in [5.74, 6) is 0.789. The van der Waals surface area contributed by atoms with Crippen molar-refractivity contribution < 1.29 is 19.0 Å². The first-order chi connectivity index (χ1) is 12.9. The summed E-state index contributed by atoms with van der Waals surface area (Å²) in [4.78, 5) is 14.3. The van der Waals surface area contributed by atoms with Crippen LogP contribution in [0.25, 0.3) is 0 Å². The second kappa shape index (κ2) is 8.44. The summed E-state index contributed by atoms with van der Waals surface area (Å²) in [5, 5.41) is 0. The number of benzene rings is 2. The molecule has 0 bridgehead atoms. The Bertz CT molecular complexity index is 754. The Hall–Kier alpha value is -2.53. The minimum Gasteiger partial charge on any atom is -0.486 e. The Kier molecular flexibility index (Phi) is 6.01. The Labute approximate surface area is 160 Å². The predicted octanol–water partition coefficient (Wildman–Crippen LogP) is 4.40. The van der Waals surface area contributed by atoms with Gasteiger partial charge in [-0.15, -0.1) is 0 Å². The quantitative estimate of drug-likeness (QED) is 0.801. The lowest BCUT2D eigenvalue weighted by Gasteiger charge is -2.28. The Balaban J connectivity index is 1.68. The maximum Gasteiger partial charge on any atom is 0.410 e. The van der Waals surface area contributed by atoms with Gasteiger partial charge in [0.2, 0.25) is 0 Å². The monoisotopic (exact) mass is 369 g/mol. The van der Waals surface area contributed by atoms with E-state index in [2.05, 4.69) is 0 Å². The molecular weight excluding hydrogens is 342 g/mol. The number of hydrogen-bond acceptors (Lipinski definition) is 4. The van der Waals surface area contributed by atoms with Crippen molar-refractivity contribution in [3.8, 4) is 5.75 Å².